The Bertz CT molecular complexity index is 442. The molecule has 1 heterocycles. The Morgan fingerprint density at radius 1 is 1.44 bits per heavy atom. The van der Waals surface area contributed by atoms with E-state index in [2.05, 4.69) is 32.7 Å². The third-order valence-electron chi connectivity index (χ3n) is 3.33. The standard InChI is InChI=1S/C14H18BrFN2/c1-3-13(18-6-4-17-5-7-18)12-9-11(15)8-10(2)14(12)16/h3,8-9,13,17H,1,4-7H2,2H3/t13-/m0/s1. The lowest BCUT2D eigenvalue weighted by molar-refractivity contribution is 0.200. The van der Waals surface area contributed by atoms with Crippen molar-refractivity contribution < 1.29 is 4.39 Å². The van der Waals surface area contributed by atoms with Crippen LogP contribution in [0.1, 0.15) is 17.2 Å². The van der Waals surface area contributed by atoms with Crippen LogP contribution in [0.15, 0.2) is 29.3 Å². The lowest BCUT2D eigenvalue weighted by Gasteiger charge is -2.33. The number of hydrogen-bond acceptors (Lipinski definition) is 2. The highest BCUT2D eigenvalue weighted by Crippen LogP contribution is 2.29. The van der Waals surface area contributed by atoms with Gasteiger partial charge in [-0.15, -0.1) is 6.58 Å². The van der Waals surface area contributed by atoms with Crippen LogP contribution in [0.2, 0.25) is 0 Å². The molecule has 4 heteroatoms. The number of aryl methyl sites for hydroxylation is 1. The quantitative estimate of drug-likeness (QED) is 0.863. The van der Waals surface area contributed by atoms with Crippen molar-refractivity contribution in [3.63, 3.8) is 0 Å². The molecular formula is C14H18BrFN2. The van der Waals surface area contributed by atoms with Gasteiger partial charge in [0.2, 0.25) is 0 Å². The fourth-order valence-corrected chi connectivity index (χ4v) is 2.99. The zero-order chi connectivity index (χ0) is 13.1. The molecule has 0 spiro atoms. The van der Waals surface area contributed by atoms with Crippen LogP contribution in [0.25, 0.3) is 0 Å². The summed E-state index contributed by atoms with van der Waals surface area (Å²) in [7, 11) is 0. The topological polar surface area (TPSA) is 15.3 Å². The summed E-state index contributed by atoms with van der Waals surface area (Å²) in [6, 6.07) is 3.61. The van der Waals surface area contributed by atoms with Crippen LogP contribution >= 0.6 is 15.9 Å². The van der Waals surface area contributed by atoms with Crippen molar-refractivity contribution in [2.45, 2.75) is 13.0 Å². The van der Waals surface area contributed by atoms with E-state index >= 15 is 0 Å². The van der Waals surface area contributed by atoms with Crippen molar-refractivity contribution in [2.24, 2.45) is 0 Å². The normalized spacial score (nSPS) is 18.6. The molecule has 1 aliphatic rings. The van der Waals surface area contributed by atoms with E-state index in [0.717, 1.165) is 30.7 Å². The summed E-state index contributed by atoms with van der Waals surface area (Å²) in [6.45, 7) is 9.39. The van der Waals surface area contributed by atoms with Crippen molar-refractivity contribution in [3.05, 3.63) is 46.2 Å². The molecule has 98 valence electrons. The summed E-state index contributed by atoms with van der Waals surface area (Å²) in [5.41, 5.74) is 1.38. The zero-order valence-corrected chi connectivity index (χ0v) is 12.1. The van der Waals surface area contributed by atoms with Crippen molar-refractivity contribution in [2.75, 3.05) is 26.2 Å². The Balaban J connectivity index is 2.34. The maximum absolute atomic E-state index is 14.3. The molecule has 1 aliphatic heterocycles. The second-order valence-electron chi connectivity index (χ2n) is 4.59. The number of nitrogens with zero attached hydrogens (tertiary/aromatic N) is 1. The second kappa shape index (κ2) is 5.95. The number of nitrogens with one attached hydrogen (secondary N) is 1. The van der Waals surface area contributed by atoms with Crippen LogP contribution in [0.4, 0.5) is 4.39 Å². The molecule has 0 bridgehead atoms. The third kappa shape index (κ3) is 2.82. The molecule has 1 aromatic carbocycles. The third-order valence-corrected chi connectivity index (χ3v) is 3.79. The number of rotatable bonds is 3. The molecule has 1 saturated heterocycles. The molecule has 0 radical (unpaired) electrons. The highest BCUT2D eigenvalue weighted by atomic mass is 79.9. The van der Waals surface area contributed by atoms with Gasteiger partial charge in [0, 0.05) is 36.2 Å². The van der Waals surface area contributed by atoms with Gasteiger partial charge >= 0.3 is 0 Å². The highest BCUT2D eigenvalue weighted by molar-refractivity contribution is 9.10. The fraction of sp³-hybridized carbons (Fsp3) is 0.429. The van der Waals surface area contributed by atoms with Gasteiger partial charge in [-0.2, -0.15) is 0 Å². The summed E-state index contributed by atoms with van der Waals surface area (Å²) in [5, 5.41) is 3.30. The molecule has 1 atom stereocenters. The number of piperazine rings is 1. The van der Waals surface area contributed by atoms with Crippen LogP contribution in [0.5, 0.6) is 0 Å². The van der Waals surface area contributed by atoms with Gasteiger partial charge in [0.05, 0.1) is 6.04 Å². The van der Waals surface area contributed by atoms with Gasteiger partial charge in [0.25, 0.3) is 0 Å². The number of hydrogen-bond donors (Lipinski definition) is 1. The van der Waals surface area contributed by atoms with E-state index in [1.807, 2.05) is 12.1 Å². The monoisotopic (exact) mass is 312 g/mol. The average molecular weight is 313 g/mol. The molecule has 1 N–H and O–H groups in total. The van der Waals surface area contributed by atoms with E-state index in [0.29, 0.717) is 11.1 Å². The van der Waals surface area contributed by atoms with Crippen LogP contribution in [-0.2, 0) is 0 Å². The van der Waals surface area contributed by atoms with Crippen molar-refractivity contribution in [3.8, 4) is 0 Å². The maximum Gasteiger partial charge on any atom is 0.131 e. The molecule has 0 unspecified atom stereocenters. The molecule has 0 aromatic heterocycles. The summed E-state index contributed by atoms with van der Waals surface area (Å²) >= 11 is 3.44. The van der Waals surface area contributed by atoms with Crippen molar-refractivity contribution in [1.82, 2.24) is 10.2 Å². The summed E-state index contributed by atoms with van der Waals surface area (Å²) in [6.07, 6.45) is 1.83. The van der Waals surface area contributed by atoms with Gasteiger partial charge in [0.15, 0.2) is 0 Å². The van der Waals surface area contributed by atoms with E-state index in [-0.39, 0.29) is 11.9 Å². The second-order valence-corrected chi connectivity index (χ2v) is 5.51. The molecule has 0 saturated carbocycles. The van der Waals surface area contributed by atoms with E-state index in [1.165, 1.54) is 0 Å². The van der Waals surface area contributed by atoms with Gasteiger partial charge in [-0.1, -0.05) is 22.0 Å². The fourth-order valence-electron chi connectivity index (χ4n) is 2.40. The molecule has 0 amide bonds. The smallest absolute Gasteiger partial charge is 0.131 e. The molecule has 2 rings (SSSR count). The van der Waals surface area contributed by atoms with Crippen LogP contribution in [0, 0.1) is 12.7 Å². The minimum atomic E-state index is -0.123. The first-order chi connectivity index (χ1) is 8.63. The van der Waals surface area contributed by atoms with E-state index in [4.69, 9.17) is 0 Å². The molecule has 1 fully saturated rings. The largest absolute Gasteiger partial charge is 0.314 e. The lowest BCUT2D eigenvalue weighted by Crippen LogP contribution is -2.44. The molecule has 1 aromatic rings. The van der Waals surface area contributed by atoms with Crippen LogP contribution in [-0.4, -0.2) is 31.1 Å². The van der Waals surface area contributed by atoms with E-state index < -0.39 is 0 Å². The minimum Gasteiger partial charge on any atom is -0.314 e. The Kier molecular flexibility index (Phi) is 4.54. The van der Waals surface area contributed by atoms with Crippen LogP contribution < -0.4 is 5.32 Å². The first kappa shape index (κ1) is 13.7. The SMILES string of the molecule is C=C[C@@H](c1cc(Br)cc(C)c1F)N1CCNCC1. The predicted molar refractivity (Wildman–Crippen MR) is 76.2 cm³/mol. The Morgan fingerprint density at radius 2 is 2.11 bits per heavy atom. The van der Waals surface area contributed by atoms with E-state index in [9.17, 15) is 4.39 Å². The average Bonchev–Trinajstić information content (AvgIpc) is 2.37. The van der Waals surface area contributed by atoms with E-state index in [1.54, 1.807) is 13.0 Å². The highest BCUT2D eigenvalue weighted by Gasteiger charge is 2.23. The summed E-state index contributed by atoms with van der Waals surface area (Å²) in [5.74, 6) is -0.123. The van der Waals surface area contributed by atoms with Gasteiger partial charge in [0.1, 0.15) is 5.82 Å². The minimum absolute atomic E-state index is 0.0525. The van der Waals surface area contributed by atoms with Crippen LogP contribution in [0.3, 0.4) is 0 Å². The van der Waals surface area contributed by atoms with Gasteiger partial charge in [-0.25, -0.2) is 4.39 Å². The maximum atomic E-state index is 14.3. The summed E-state index contributed by atoms with van der Waals surface area (Å²) in [4.78, 5) is 2.26. The van der Waals surface area contributed by atoms with Gasteiger partial charge in [-0.05, 0) is 24.6 Å². The Morgan fingerprint density at radius 3 is 2.72 bits per heavy atom. The molecule has 0 aliphatic carbocycles. The van der Waals surface area contributed by atoms with Crippen molar-refractivity contribution in [1.29, 1.82) is 0 Å². The summed E-state index contributed by atoms with van der Waals surface area (Å²) < 4.78 is 15.2. The van der Waals surface area contributed by atoms with Crippen molar-refractivity contribution >= 4 is 15.9 Å². The molecule has 18 heavy (non-hydrogen) atoms. The van der Waals surface area contributed by atoms with Gasteiger partial charge in [-0.3, -0.25) is 4.90 Å². The first-order valence-corrected chi connectivity index (χ1v) is 6.95. The molecule has 2 nitrogen and oxygen atoms in total. The predicted octanol–water partition coefficient (Wildman–Crippen LogP) is 3.03. The Labute approximate surface area is 116 Å². The zero-order valence-electron chi connectivity index (χ0n) is 10.5. The van der Waals surface area contributed by atoms with Gasteiger partial charge < -0.3 is 5.32 Å². The lowest BCUT2D eigenvalue weighted by atomic mass is 10.0. The number of benzene rings is 1. The number of halogens is 2. The Hall–Kier alpha value is -0.710. The first-order valence-electron chi connectivity index (χ1n) is 6.16. The molecular weight excluding hydrogens is 295 g/mol.